The molecule has 4 rings (SSSR count). The fourth-order valence-corrected chi connectivity index (χ4v) is 4.36. The molecule has 1 heterocycles. The molecule has 0 unspecified atom stereocenters. The number of para-hydroxylation sites is 1. The van der Waals surface area contributed by atoms with E-state index in [-0.39, 0.29) is 5.91 Å². The molecule has 3 aromatic carbocycles. The lowest BCUT2D eigenvalue weighted by Gasteiger charge is -2.15. The Morgan fingerprint density at radius 1 is 1.06 bits per heavy atom. The third-order valence-corrected chi connectivity index (χ3v) is 6.29. The molecule has 1 aromatic heterocycles. The topological polar surface area (TPSA) is 69.0 Å². The van der Waals surface area contributed by atoms with Crippen molar-refractivity contribution in [1.29, 1.82) is 0 Å². The largest absolute Gasteiger partial charge is 0.496 e. The van der Waals surface area contributed by atoms with E-state index in [4.69, 9.17) is 16.3 Å². The zero-order chi connectivity index (χ0) is 23.4. The number of anilines is 1. The quantitative estimate of drug-likeness (QED) is 0.329. The Morgan fingerprint density at radius 2 is 1.82 bits per heavy atom. The van der Waals surface area contributed by atoms with Crippen LogP contribution in [-0.2, 0) is 4.79 Å². The Labute approximate surface area is 202 Å². The van der Waals surface area contributed by atoms with E-state index in [9.17, 15) is 4.79 Å². The lowest BCUT2D eigenvalue weighted by molar-refractivity contribution is -0.115. The van der Waals surface area contributed by atoms with Crippen molar-refractivity contribution in [2.24, 2.45) is 0 Å². The van der Waals surface area contributed by atoms with Gasteiger partial charge in [-0.3, -0.25) is 9.36 Å². The Hall–Kier alpha value is -3.29. The van der Waals surface area contributed by atoms with Gasteiger partial charge in [0.05, 0.1) is 17.9 Å². The second-order valence-electron chi connectivity index (χ2n) is 7.44. The molecule has 0 saturated carbocycles. The minimum Gasteiger partial charge on any atom is -0.496 e. The van der Waals surface area contributed by atoms with Gasteiger partial charge in [-0.15, -0.1) is 10.2 Å². The van der Waals surface area contributed by atoms with Crippen molar-refractivity contribution in [3.63, 3.8) is 0 Å². The number of ether oxygens (including phenoxy) is 1. The van der Waals surface area contributed by atoms with Gasteiger partial charge < -0.3 is 10.1 Å². The van der Waals surface area contributed by atoms with Gasteiger partial charge in [0.1, 0.15) is 5.75 Å². The summed E-state index contributed by atoms with van der Waals surface area (Å²) < 4.78 is 7.50. The zero-order valence-electron chi connectivity index (χ0n) is 18.4. The lowest BCUT2D eigenvalue weighted by Crippen LogP contribution is -2.22. The molecule has 0 radical (unpaired) electrons. The zero-order valence-corrected chi connectivity index (χ0v) is 20.0. The molecule has 0 aliphatic carbocycles. The first kappa shape index (κ1) is 22.9. The molecule has 0 saturated heterocycles. The molecular formula is C25H23ClN4O2S. The summed E-state index contributed by atoms with van der Waals surface area (Å²) in [6.07, 6.45) is 0. The molecule has 1 atom stereocenters. The highest BCUT2D eigenvalue weighted by atomic mass is 35.5. The number of aromatic nitrogens is 3. The average molecular weight is 479 g/mol. The monoisotopic (exact) mass is 478 g/mol. The second kappa shape index (κ2) is 10.1. The highest BCUT2D eigenvalue weighted by molar-refractivity contribution is 8.00. The predicted octanol–water partition coefficient (Wildman–Crippen LogP) is 6.02. The maximum absolute atomic E-state index is 12.8. The molecule has 1 N–H and O–H groups in total. The molecule has 0 spiro atoms. The standard InChI is InChI=1S/C25H23ClN4O2S/c1-16-11-13-20(14-12-16)30-23(21-9-4-5-10-22(21)32-3)28-29-25(30)33-17(2)24(31)27-19-8-6-7-18(26)15-19/h4-15,17H,1-3H3,(H,27,31)/t17-/m0/s1. The highest BCUT2D eigenvalue weighted by Gasteiger charge is 2.23. The van der Waals surface area contributed by atoms with Gasteiger partial charge in [0.2, 0.25) is 5.91 Å². The van der Waals surface area contributed by atoms with Crippen LogP contribution in [0.15, 0.2) is 78.0 Å². The summed E-state index contributed by atoms with van der Waals surface area (Å²) in [6.45, 7) is 3.87. The number of benzene rings is 3. The van der Waals surface area contributed by atoms with E-state index in [0.717, 1.165) is 16.8 Å². The Kier molecular flexibility index (Phi) is 7.01. The third kappa shape index (κ3) is 5.21. The van der Waals surface area contributed by atoms with Gasteiger partial charge in [-0.1, -0.05) is 59.3 Å². The van der Waals surface area contributed by atoms with Crippen LogP contribution in [0.1, 0.15) is 12.5 Å². The molecule has 4 aromatic rings. The maximum Gasteiger partial charge on any atom is 0.237 e. The minimum atomic E-state index is -0.428. The average Bonchev–Trinajstić information content (AvgIpc) is 3.22. The Balaban J connectivity index is 1.68. The molecule has 0 aliphatic rings. The van der Waals surface area contributed by atoms with Crippen LogP contribution in [0.3, 0.4) is 0 Å². The van der Waals surface area contributed by atoms with Crippen molar-refractivity contribution in [2.45, 2.75) is 24.3 Å². The van der Waals surface area contributed by atoms with E-state index < -0.39 is 5.25 Å². The predicted molar refractivity (Wildman–Crippen MR) is 133 cm³/mol. The van der Waals surface area contributed by atoms with Crippen molar-refractivity contribution in [2.75, 3.05) is 12.4 Å². The van der Waals surface area contributed by atoms with Crippen molar-refractivity contribution < 1.29 is 9.53 Å². The van der Waals surface area contributed by atoms with Crippen LogP contribution < -0.4 is 10.1 Å². The summed E-state index contributed by atoms with van der Waals surface area (Å²) in [5, 5.41) is 12.5. The van der Waals surface area contributed by atoms with E-state index in [1.807, 2.05) is 66.9 Å². The second-order valence-corrected chi connectivity index (χ2v) is 9.18. The number of hydrogen-bond acceptors (Lipinski definition) is 5. The first-order valence-electron chi connectivity index (χ1n) is 10.3. The number of methoxy groups -OCH3 is 1. The van der Waals surface area contributed by atoms with E-state index in [1.165, 1.54) is 11.8 Å². The Bertz CT molecular complexity index is 1270. The molecule has 33 heavy (non-hydrogen) atoms. The normalized spacial score (nSPS) is 11.8. The third-order valence-electron chi connectivity index (χ3n) is 5.02. The number of rotatable bonds is 7. The summed E-state index contributed by atoms with van der Waals surface area (Å²) in [7, 11) is 1.63. The van der Waals surface area contributed by atoms with Gasteiger partial charge in [0.25, 0.3) is 0 Å². The van der Waals surface area contributed by atoms with Crippen molar-refractivity contribution in [1.82, 2.24) is 14.8 Å². The van der Waals surface area contributed by atoms with Crippen LogP contribution in [0.25, 0.3) is 17.1 Å². The van der Waals surface area contributed by atoms with Crippen LogP contribution >= 0.6 is 23.4 Å². The van der Waals surface area contributed by atoms with Gasteiger partial charge in [-0.2, -0.15) is 0 Å². The molecule has 1 amide bonds. The summed E-state index contributed by atoms with van der Waals surface area (Å²) in [5.41, 5.74) is 3.51. The van der Waals surface area contributed by atoms with Gasteiger partial charge in [0.15, 0.2) is 11.0 Å². The first-order chi connectivity index (χ1) is 16.0. The summed E-state index contributed by atoms with van der Waals surface area (Å²) in [6, 6.07) is 22.8. The van der Waals surface area contributed by atoms with Gasteiger partial charge in [-0.25, -0.2) is 0 Å². The summed E-state index contributed by atoms with van der Waals surface area (Å²) in [5.74, 6) is 1.18. The lowest BCUT2D eigenvalue weighted by atomic mass is 10.1. The van der Waals surface area contributed by atoms with Crippen LogP contribution in [0.2, 0.25) is 5.02 Å². The smallest absolute Gasteiger partial charge is 0.237 e. The van der Waals surface area contributed by atoms with E-state index in [1.54, 1.807) is 31.4 Å². The van der Waals surface area contributed by atoms with Crippen molar-refractivity contribution in [3.05, 3.63) is 83.4 Å². The fraction of sp³-hybridized carbons (Fsp3) is 0.160. The molecule has 0 aliphatic heterocycles. The van der Waals surface area contributed by atoms with Crippen molar-refractivity contribution >= 4 is 35.0 Å². The summed E-state index contributed by atoms with van der Waals surface area (Å²) >= 11 is 7.37. The van der Waals surface area contributed by atoms with Crippen LogP contribution in [0.4, 0.5) is 5.69 Å². The number of hydrogen-bond donors (Lipinski definition) is 1. The van der Waals surface area contributed by atoms with Crippen LogP contribution in [-0.4, -0.2) is 33.0 Å². The number of nitrogens with one attached hydrogen (secondary N) is 1. The number of carbonyl (C=O) groups excluding carboxylic acids is 1. The number of aryl methyl sites for hydroxylation is 1. The maximum atomic E-state index is 12.8. The van der Waals surface area contributed by atoms with Crippen molar-refractivity contribution in [3.8, 4) is 22.8 Å². The number of thioether (sulfide) groups is 1. The van der Waals surface area contributed by atoms with E-state index in [0.29, 0.717) is 27.4 Å². The Morgan fingerprint density at radius 3 is 2.55 bits per heavy atom. The summed E-state index contributed by atoms with van der Waals surface area (Å²) in [4.78, 5) is 12.8. The number of halogens is 1. The first-order valence-corrected chi connectivity index (χ1v) is 11.6. The number of nitrogens with zero attached hydrogens (tertiary/aromatic N) is 3. The SMILES string of the molecule is COc1ccccc1-c1nnc(S[C@@H](C)C(=O)Nc2cccc(Cl)c2)n1-c1ccc(C)cc1. The van der Waals surface area contributed by atoms with Crippen LogP contribution in [0.5, 0.6) is 5.75 Å². The van der Waals surface area contributed by atoms with Gasteiger partial charge >= 0.3 is 0 Å². The van der Waals surface area contributed by atoms with Gasteiger partial charge in [0, 0.05) is 16.4 Å². The van der Waals surface area contributed by atoms with Crippen LogP contribution in [0, 0.1) is 6.92 Å². The molecule has 6 nitrogen and oxygen atoms in total. The van der Waals surface area contributed by atoms with Gasteiger partial charge in [-0.05, 0) is 56.3 Å². The molecule has 8 heteroatoms. The molecular weight excluding hydrogens is 456 g/mol. The molecule has 0 fully saturated rings. The highest BCUT2D eigenvalue weighted by Crippen LogP contribution is 2.34. The minimum absolute atomic E-state index is 0.153. The van der Waals surface area contributed by atoms with E-state index >= 15 is 0 Å². The number of carbonyl (C=O) groups is 1. The molecule has 168 valence electrons. The molecule has 0 bridgehead atoms. The number of amides is 1. The fourth-order valence-electron chi connectivity index (χ4n) is 3.30. The van der Waals surface area contributed by atoms with E-state index in [2.05, 4.69) is 15.5 Å².